The summed E-state index contributed by atoms with van der Waals surface area (Å²) in [6.45, 7) is 2.44. The normalized spacial score (nSPS) is 19.8. The van der Waals surface area contributed by atoms with Gasteiger partial charge in [-0.15, -0.1) is 0 Å². The number of hydrogen-bond acceptors (Lipinski definition) is 4. The Morgan fingerprint density at radius 1 is 1.10 bits per heavy atom. The van der Waals surface area contributed by atoms with Crippen LogP contribution in [0.4, 0.5) is 0 Å². The van der Waals surface area contributed by atoms with Crippen molar-refractivity contribution in [1.29, 1.82) is 0 Å². The van der Waals surface area contributed by atoms with Crippen molar-refractivity contribution in [2.45, 2.75) is 32.6 Å². The van der Waals surface area contributed by atoms with Crippen molar-refractivity contribution in [1.82, 2.24) is 0 Å². The number of carbonyl (C=O) groups is 1. The molecule has 29 heavy (non-hydrogen) atoms. The van der Waals surface area contributed by atoms with Gasteiger partial charge >= 0.3 is 5.97 Å². The minimum absolute atomic E-state index is 0.00408. The Hall–Kier alpha value is -2.04. The summed E-state index contributed by atoms with van der Waals surface area (Å²) in [4.78, 5) is 16.6. The lowest BCUT2D eigenvalue weighted by molar-refractivity contribution is -0.146. The third-order valence-corrected chi connectivity index (χ3v) is 6.00. The van der Waals surface area contributed by atoms with Gasteiger partial charge in [-0.2, -0.15) is 0 Å². The van der Waals surface area contributed by atoms with E-state index in [9.17, 15) is 9.90 Å². The summed E-state index contributed by atoms with van der Waals surface area (Å²) in [6.07, 6.45) is 3.50. The maximum Gasteiger partial charge on any atom is 0.308 e. The van der Waals surface area contributed by atoms with Crippen LogP contribution in [-0.4, -0.2) is 30.4 Å². The van der Waals surface area contributed by atoms with E-state index in [1.54, 1.807) is 12.1 Å². The van der Waals surface area contributed by atoms with Gasteiger partial charge in [0.15, 0.2) is 0 Å². The summed E-state index contributed by atoms with van der Waals surface area (Å²) in [5.74, 6) is 0.446. The summed E-state index contributed by atoms with van der Waals surface area (Å²) in [5.41, 5.74) is 2.88. The van der Waals surface area contributed by atoms with Gasteiger partial charge in [0, 0.05) is 27.7 Å². The summed E-state index contributed by atoms with van der Waals surface area (Å²) in [5, 5.41) is 11.8. The van der Waals surface area contributed by atoms with Crippen LogP contribution in [0.1, 0.15) is 42.4 Å². The Labute approximate surface area is 181 Å². The second-order valence-electron chi connectivity index (χ2n) is 7.56. The number of aliphatic imine (C=N–C) groups is 1. The molecule has 4 nitrogen and oxygen atoms in total. The first-order chi connectivity index (χ1) is 13.9. The molecule has 1 aliphatic carbocycles. The van der Waals surface area contributed by atoms with Gasteiger partial charge in [0.1, 0.15) is 5.75 Å². The molecule has 1 saturated carbocycles. The summed E-state index contributed by atoms with van der Waals surface area (Å²) in [7, 11) is 1.44. The third-order valence-electron chi connectivity index (χ3n) is 5.53. The number of rotatable bonds is 5. The van der Waals surface area contributed by atoms with Crippen LogP contribution in [-0.2, 0) is 9.53 Å². The molecule has 0 heterocycles. The van der Waals surface area contributed by atoms with E-state index in [0.29, 0.717) is 39.3 Å². The molecule has 0 unspecified atom stereocenters. The van der Waals surface area contributed by atoms with Crippen molar-refractivity contribution >= 4 is 34.9 Å². The molecule has 0 bridgehead atoms. The number of phenols is 1. The second-order valence-corrected chi connectivity index (χ2v) is 8.43. The lowest BCUT2D eigenvalue weighted by Gasteiger charge is -2.26. The van der Waals surface area contributed by atoms with Gasteiger partial charge in [-0.05, 0) is 68.4 Å². The zero-order valence-corrected chi connectivity index (χ0v) is 18.1. The van der Waals surface area contributed by atoms with Crippen LogP contribution in [0.15, 0.2) is 41.4 Å². The molecule has 0 spiro atoms. The molecule has 0 saturated heterocycles. The molecule has 6 heteroatoms. The number of esters is 1. The molecule has 0 atom stereocenters. The van der Waals surface area contributed by atoms with Crippen molar-refractivity contribution in [2.75, 3.05) is 13.7 Å². The molecule has 2 aromatic rings. The number of benzene rings is 2. The zero-order valence-electron chi connectivity index (χ0n) is 16.6. The molecule has 1 N–H and O–H groups in total. The van der Waals surface area contributed by atoms with E-state index >= 15 is 0 Å². The zero-order chi connectivity index (χ0) is 21.0. The van der Waals surface area contributed by atoms with Crippen LogP contribution in [0.5, 0.6) is 5.75 Å². The molecule has 1 aliphatic rings. The highest BCUT2D eigenvalue weighted by Crippen LogP contribution is 2.32. The van der Waals surface area contributed by atoms with Crippen molar-refractivity contribution in [3.63, 3.8) is 0 Å². The van der Waals surface area contributed by atoms with Crippen LogP contribution in [0.2, 0.25) is 10.0 Å². The summed E-state index contributed by atoms with van der Waals surface area (Å²) >= 11 is 12.3. The number of aryl methyl sites for hydroxylation is 1. The number of halogens is 2. The van der Waals surface area contributed by atoms with Crippen LogP contribution < -0.4 is 0 Å². The fraction of sp³-hybridized carbons (Fsp3) is 0.391. The number of aromatic hydroxyl groups is 1. The first-order valence-corrected chi connectivity index (χ1v) is 10.5. The van der Waals surface area contributed by atoms with E-state index in [4.69, 9.17) is 32.9 Å². The van der Waals surface area contributed by atoms with E-state index in [0.717, 1.165) is 31.2 Å². The molecule has 0 aromatic heterocycles. The second kappa shape index (κ2) is 9.64. The Morgan fingerprint density at radius 3 is 2.38 bits per heavy atom. The minimum atomic E-state index is -0.117. The monoisotopic (exact) mass is 433 g/mol. The van der Waals surface area contributed by atoms with Crippen molar-refractivity contribution < 1.29 is 14.6 Å². The highest BCUT2D eigenvalue weighted by Gasteiger charge is 2.27. The molecular weight excluding hydrogens is 409 g/mol. The molecular formula is C23H25Cl2NO3. The Kier molecular flexibility index (Phi) is 7.20. The van der Waals surface area contributed by atoms with Gasteiger partial charge in [-0.25, -0.2) is 0 Å². The van der Waals surface area contributed by atoms with Crippen LogP contribution in [0.3, 0.4) is 0 Å². The summed E-state index contributed by atoms with van der Waals surface area (Å²) in [6, 6.07) is 10.9. The number of hydrogen-bond donors (Lipinski definition) is 1. The average molecular weight is 434 g/mol. The lowest BCUT2D eigenvalue weighted by atomic mass is 9.82. The van der Waals surface area contributed by atoms with E-state index in [2.05, 4.69) is 0 Å². The topological polar surface area (TPSA) is 58.9 Å². The van der Waals surface area contributed by atoms with Gasteiger partial charge in [0.05, 0.1) is 18.7 Å². The van der Waals surface area contributed by atoms with E-state index in [-0.39, 0.29) is 17.6 Å². The maximum atomic E-state index is 11.7. The minimum Gasteiger partial charge on any atom is -0.507 e. The number of nitrogens with zero attached hydrogens (tertiary/aromatic N) is 1. The molecule has 0 radical (unpaired) electrons. The Morgan fingerprint density at radius 2 is 1.76 bits per heavy atom. The standard InChI is InChI=1S/C23H25Cl2NO3/c1-14-11-19(25)12-20(22(14)27)21(16-7-9-18(24)10-8-16)26-13-15-3-5-17(6-4-15)23(28)29-2/h7-12,15,17,27H,3-6,13H2,1-2H3. The average Bonchev–Trinajstić information content (AvgIpc) is 2.72. The third kappa shape index (κ3) is 5.31. The van der Waals surface area contributed by atoms with E-state index in [1.807, 2.05) is 31.2 Å². The van der Waals surface area contributed by atoms with Gasteiger partial charge < -0.3 is 9.84 Å². The van der Waals surface area contributed by atoms with Crippen LogP contribution in [0, 0.1) is 18.8 Å². The molecule has 3 rings (SSSR count). The number of ether oxygens (including phenoxy) is 1. The van der Waals surface area contributed by atoms with Gasteiger partial charge in [0.25, 0.3) is 0 Å². The maximum absolute atomic E-state index is 11.7. The molecule has 0 amide bonds. The predicted octanol–water partition coefficient (Wildman–Crippen LogP) is 5.82. The van der Waals surface area contributed by atoms with Gasteiger partial charge in [-0.3, -0.25) is 9.79 Å². The lowest BCUT2D eigenvalue weighted by Crippen LogP contribution is -2.24. The van der Waals surface area contributed by atoms with Crippen molar-refractivity contribution in [3.05, 3.63) is 63.1 Å². The molecule has 1 fully saturated rings. The Bertz CT molecular complexity index is 901. The van der Waals surface area contributed by atoms with Crippen LogP contribution in [0.25, 0.3) is 0 Å². The fourth-order valence-electron chi connectivity index (χ4n) is 3.82. The fourth-order valence-corrected chi connectivity index (χ4v) is 4.22. The quantitative estimate of drug-likeness (QED) is 0.476. The van der Waals surface area contributed by atoms with Crippen molar-refractivity contribution in [2.24, 2.45) is 16.8 Å². The first kappa shape index (κ1) is 21.7. The van der Waals surface area contributed by atoms with E-state index in [1.165, 1.54) is 7.11 Å². The molecule has 154 valence electrons. The number of phenolic OH excluding ortho intramolecular Hbond substituents is 1. The smallest absolute Gasteiger partial charge is 0.308 e. The van der Waals surface area contributed by atoms with Crippen LogP contribution >= 0.6 is 23.2 Å². The highest BCUT2D eigenvalue weighted by atomic mass is 35.5. The predicted molar refractivity (Wildman–Crippen MR) is 117 cm³/mol. The largest absolute Gasteiger partial charge is 0.507 e. The number of carbonyl (C=O) groups excluding carboxylic acids is 1. The van der Waals surface area contributed by atoms with Gasteiger partial charge in [0.2, 0.25) is 0 Å². The first-order valence-electron chi connectivity index (χ1n) is 9.76. The molecule has 0 aliphatic heterocycles. The highest BCUT2D eigenvalue weighted by molar-refractivity contribution is 6.32. The Balaban J connectivity index is 1.87. The van der Waals surface area contributed by atoms with Crippen molar-refractivity contribution in [3.8, 4) is 5.75 Å². The van der Waals surface area contributed by atoms with Gasteiger partial charge in [-0.1, -0.05) is 35.3 Å². The number of methoxy groups -OCH3 is 1. The SMILES string of the molecule is COC(=O)C1CCC(CN=C(c2ccc(Cl)cc2)c2cc(Cl)cc(C)c2O)CC1. The molecule has 2 aromatic carbocycles. The van der Waals surface area contributed by atoms with E-state index < -0.39 is 0 Å². The summed E-state index contributed by atoms with van der Waals surface area (Å²) < 4.78 is 4.87.